The first-order chi connectivity index (χ1) is 7.59. The fourth-order valence-electron chi connectivity index (χ4n) is 1.43. The molecule has 0 spiro atoms. The van der Waals surface area contributed by atoms with Crippen LogP contribution in [0.3, 0.4) is 0 Å². The van der Waals surface area contributed by atoms with Crippen LogP contribution in [-0.2, 0) is 11.2 Å². The van der Waals surface area contributed by atoms with Crippen LogP contribution >= 0.6 is 0 Å². The average Bonchev–Trinajstić information content (AvgIpc) is 2.26. The number of nitrogens with two attached hydrogens (primary N) is 1. The van der Waals surface area contributed by atoms with Gasteiger partial charge in [-0.2, -0.15) is 0 Å². The third-order valence-corrected chi connectivity index (χ3v) is 2.41. The Morgan fingerprint density at radius 2 is 1.94 bits per heavy atom. The smallest absolute Gasteiger partial charge is 0.236 e. The molecule has 1 rings (SSSR count). The molecule has 0 saturated carbocycles. The van der Waals surface area contributed by atoms with Crippen LogP contribution in [0.1, 0.15) is 24.8 Å². The maximum absolute atomic E-state index is 12.6. The zero-order valence-corrected chi connectivity index (χ0v) is 9.45. The van der Waals surface area contributed by atoms with Crippen LogP contribution in [0.2, 0.25) is 0 Å². The van der Waals surface area contributed by atoms with Crippen LogP contribution in [0.15, 0.2) is 24.3 Å². The van der Waals surface area contributed by atoms with Gasteiger partial charge in [0.25, 0.3) is 0 Å². The van der Waals surface area contributed by atoms with Gasteiger partial charge in [-0.3, -0.25) is 9.80 Å². The van der Waals surface area contributed by atoms with E-state index in [0.717, 1.165) is 29.8 Å². The molecule has 1 aromatic carbocycles. The summed E-state index contributed by atoms with van der Waals surface area (Å²) in [5.74, 6) is 5.01. The SMILES string of the molecule is CN(N)C(=O)CCCCc1ccc(F)cc1. The van der Waals surface area contributed by atoms with Crippen molar-refractivity contribution in [3.63, 3.8) is 0 Å². The standard InChI is InChI=1S/C12H17FN2O/c1-15(14)12(16)5-3-2-4-10-6-8-11(13)9-7-10/h6-9H,2-5,14H2,1H3. The molecule has 16 heavy (non-hydrogen) atoms. The van der Waals surface area contributed by atoms with Gasteiger partial charge in [-0.25, -0.2) is 10.2 Å². The second kappa shape index (κ2) is 6.23. The Morgan fingerprint density at radius 3 is 2.50 bits per heavy atom. The number of hydrazine groups is 1. The minimum absolute atomic E-state index is 0.0564. The van der Waals surface area contributed by atoms with Gasteiger partial charge in [0.15, 0.2) is 0 Å². The molecule has 2 N–H and O–H groups in total. The van der Waals surface area contributed by atoms with E-state index in [1.165, 1.54) is 12.1 Å². The molecule has 0 unspecified atom stereocenters. The Morgan fingerprint density at radius 1 is 1.31 bits per heavy atom. The maximum atomic E-state index is 12.6. The number of carbonyl (C=O) groups is 1. The summed E-state index contributed by atoms with van der Waals surface area (Å²) in [5.41, 5.74) is 1.09. The van der Waals surface area contributed by atoms with E-state index in [2.05, 4.69) is 0 Å². The lowest BCUT2D eigenvalue weighted by molar-refractivity contribution is -0.130. The van der Waals surface area contributed by atoms with Crippen LogP contribution in [0.4, 0.5) is 4.39 Å². The van der Waals surface area contributed by atoms with Crippen LogP contribution in [-0.4, -0.2) is 18.0 Å². The summed E-state index contributed by atoms with van der Waals surface area (Å²) in [5, 5.41) is 1.11. The van der Waals surface area contributed by atoms with Gasteiger partial charge < -0.3 is 0 Å². The quantitative estimate of drug-likeness (QED) is 0.359. The summed E-state index contributed by atoms with van der Waals surface area (Å²) >= 11 is 0. The molecule has 0 atom stereocenters. The lowest BCUT2D eigenvalue weighted by atomic mass is 10.1. The van der Waals surface area contributed by atoms with E-state index in [4.69, 9.17) is 5.84 Å². The number of aryl methyl sites for hydroxylation is 1. The number of hydrogen-bond donors (Lipinski definition) is 1. The van der Waals surface area contributed by atoms with Gasteiger partial charge in [-0.15, -0.1) is 0 Å². The first-order valence-electron chi connectivity index (χ1n) is 5.35. The highest BCUT2D eigenvalue weighted by Crippen LogP contribution is 2.08. The van der Waals surface area contributed by atoms with Crippen molar-refractivity contribution in [3.8, 4) is 0 Å². The largest absolute Gasteiger partial charge is 0.284 e. The average molecular weight is 224 g/mol. The fourth-order valence-corrected chi connectivity index (χ4v) is 1.43. The fraction of sp³-hybridized carbons (Fsp3) is 0.417. The molecule has 0 heterocycles. The van der Waals surface area contributed by atoms with E-state index in [0.29, 0.717) is 6.42 Å². The Labute approximate surface area is 95.0 Å². The summed E-state index contributed by atoms with van der Waals surface area (Å²) in [6, 6.07) is 6.45. The molecule has 1 aromatic rings. The molecule has 0 radical (unpaired) electrons. The van der Waals surface area contributed by atoms with Crippen molar-refractivity contribution < 1.29 is 9.18 Å². The molecule has 0 aromatic heterocycles. The summed E-state index contributed by atoms with van der Waals surface area (Å²) < 4.78 is 12.6. The van der Waals surface area contributed by atoms with E-state index >= 15 is 0 Å². The molecule has 0 saturated heterocycles. The van der Waals surface area contributed by atoms with Crippen molar-refractivity contribution in [2.75, 3.05) is 7.05 Å². The van der Waals surface area contributed by atoms with Crippen LogP contribution in [0, 0.1) is 5.82 Å². The van der Waals surface area contributed by atoms with Crippen LogP contribution < -0.4 is 5.84 Å². The minimum atomic E-state index is -0.219. The number of nitrogens with zero attached hydrogens (tertiary/aromatic N) is 1. The zero-order chi connectivity index (χ0) is 12.0. The lowest BCUT2D eigenvalue weighted by Crippen LogP contribution is -2.32. The Bertz CT molecular complexity index is 335. The van der Waals surface area contributed by atoms with Crippen molar-refractivity contribution in [1.29, 1.82) is 0 Å². The van der Waals surface area contributed by atoms with Crippen molar-refractivity contribution >= 4 is 5.91 Å². The second-order valence-electron chi connectivity index (χ2n) is 3.84. The highest BCUT2D eigenvalue weighted by atomic mass is 19.1. The summed E-state index contributed by atoms with van der Waals surface area (Å²) in [4.78, 5) is 11.2. The zero-order valence-electron chi connectivity index (χ0n) is 9.45. The Balaban J connectivity index is 2.21. The number of amides is 1. The molecular formula is C12H17FN2O. The van der Waals surface area contributed by atoms with Gasteiger partial charge in [0.1, 0.15) is 5.82 Å². The topological polar surface area (TPSA) is 46.3 Å². The van der Waals surface area contributed by atoms with Crippen molar-refractivity contribution in [3.05, 3.63) is 35.6 Å². The predicted octanol–water partition coefficient (Wildman–Crippen LogP) is 1.87. The molecule has 0 aliphatic carbocycles. The molecule has 0 aliphatic heterocycles. The highest BCUT2D eigenvalue weighted by Gasteiger charge is 2.03. The van der Waals surface area contributed by atoms with Gasteiger partial charge in [0.2, 0.25) is 5.91 Å². The summed E-state index contributed by atoms with van der Waals surface area (Å²) in [6.07, 6.45) is 3.04. The van der Waals surface area contributed by atoms with Gasteiger partial charge >= 0.3 is 0 Å². The van der Waals surface area contributed by atoms with Gasteiger partial charge in [-0.1, -0.05) is 12.1 Å². The van der Waals surface area contributed by atoms with E-state index in [1.54, 1.807) is 19.2 Å². The number of hydrogen-bond acceptors (Lipinski definition) is 2. The molecule has 1 amide bonds. The number of rotatable bonds is 5. The van der Waals surface area contributed by atoms with E-state index in [-0.39, 0.29) is 11.7 Å². The molecule has 0 fully saturated rings. The highest BCUT2D eigenvalue weighted by molar-refractivity contribution is 5.75. The molecule has 0 bridgehead atoms. The predicted molar refractivity (Wildman–Crippen MR) is 60.9 cm³/mol. The van der Waals surface area contributed by atoms with E-state index < -0.39 is 0 Å². The number of halogens is 1. The van der Waals surface area contributed by atoms with E-state index in [9.17, 15) is 9.18 Å². The van der Waals surface area contributed by atoms with Crippen molar-refractivity contribution in [1.82, 2.24) is 5.01 Å². The van der Waals surface area contributed by atoms with Gasteiger partial charge in [-0.05, 0) is 37.0 Å². The minimum Gasteiger partial charge on any atom is -0.284 e. The Hall–Kier alpha value is -1.42. The summed E-state index contributed by atoms with van der Waals surface area (Å²) in [6.45, 7) is 0. The van der Waals surface area contributed by atoms with Gasteiger partial charge in [0, 0.05) is 13.5 Å². The second-order valence-corrected chi connectivity index (χ2v) is 3.84. The molecule has 3 nitrogen and oxygen atoms in total. The Kier molecular flexibility index (Phi) is 4.92. The molecular weight excluding hydrogens is 207 g/mol. The van der Waals surface area contributed by atoms with Crippen molar-refractivity contribution in [2.45, 2.75) is 25.7 Å². The maximum Gasteiger partial charge on any atom is 0.236 e. The lowest BCUT2D eigenvalue weighted by Gasteiger charge is -2.09. The summed E-state index contributed by atoms with van der Waals surface area (Å²) in [7, 11) is 1.54. The molecule has 0 aliphatic rings. The number of carbonyl (C=O) groups excluding carboxylic acids is 1. The number of unbranched alkanes of at least 4 members (excludes halogenated alkanes) is 1. The molecule has 4 heteroatoms. The number of benzene rings is 1. The third-order valence-electron chi connectivity index (χ3n) is 2.41. The normalized spacial score (nSPS) is 10.2. The van der Waals surface area contributed by atoms with Gasteiger partial charge in [0.05, 0.1) is 0 Å². The van der Waals surface area contributed by atoms with Crippen LogP contribution in [0.25, 0.3) is 0 Å². The van der Waals surface area contributed by atoms with Crippen LogP contribution in [0.5, 0.6) is 0 Å². The van der Waals surface area contributed by atoms with E-state index in [1.807, 2.05) is 0 Å². The third kappa shape index (κ3) is 4.40. The first-order valence-corrected chi connectivity index (χ1v) is 5.35. The molecule has 88 valence electrons. The van der Waals surface area contributed by atoms with Crippen molar-refractivity contribution in [2.24, 2.45) is 5.84 Å². The first kappa shape index (κ1) is 12.6. The monoisotopic (exact) mass is 224 g/mol.